The van der Waals surface area contributed by atoms with Crippen molar-refractivity contribution in [2.24, 2.45) is 0 Å². The molecule has 7 heteroatoms. The molecule has 0 saturated carbocycles. The first-order valence-electron chi connectivity index (χ1n) is 8.44. The summed E-state index contributed by atoms with van der Waals surface area (Å²) in [7, 11) is -3.40. The van der Waals surface area contributed by atoms with Crippen LogP contribution in [0, 0.1) is 0 Å². The number of fused-ring (bicyclic) bond motifs is 3. The van der Waals surface area contributed by atoms with E-state index in [-0.39, 0.29) is 5.75 Å². The van der Waals surface area contributed by atoms with Crippen LogP contribution in [0.3, 0.4) is 0 Å². The molecule has 1 aliphatic rings. The Labute approximate surface area is 147 Å². The van der Waals surface area contributed by atoms with Gasteiger partial charge < -0.3 is 0 Å². The number of hydrogen-bond donors (Lipinski definition) is 0. The third-order valence-electron chi connectivity index (χ3n) is 4.28. The summed E-state index contributed by atoms with van der Waals surface area (Å²) in [6, 6.07) is 0. The van der Waals surface area contributed by atoms with Crippen molar-refractivity contribution in [2.75, 3.05) is 11.5 Å². The predicted molar refractivity (Wildman–Crippen MR) is 97.5 cm³/mol. The van der Waals surface area contributed by atoms with Crippen molar-refractivity contribution in [1.82, 2.24) is 14.6 Å². The average Bonchev–Trinajstić information content (AvgIpc) is 3.16. The first-order chi connectivity index (χ1) is 11.6. The lowest BCUT2D eigenvalue weighted by Gasteiger charge is -2.05. The van der Waals surface area contributed by atoms with Crippen LogP contribution in [-0.2, 0) is 22.7 Å². The van der Waals surface area contributed by atoms with Gasteiger partial charge in [0.1, 0.15) is 9.92 Å². The summed E-state index contributed by atoms with van der Waals surface area (Å²) in [5, 5.41) is 5.16. The first-order valence-corrected chi connectivity index (χ1v) is 11.1. The van der Waals surface area contributed by atoms with Gasteiger partial charge >= 0.3 is 0 Å². The summed E-state index contributed by atoms with van der Waals surface area (Å²) in [4.78, 5) is 4.76. The number of rotatable bonds is 8. The van der Waals surface area contributed by atoms with Crippen LogP contribution in [0.15, 0.2) is 28.8 Å². The van der Waals surface area contributed by atoms with Crippen molar-refractivity contribution >= 4 is 27.2 Å². The molecule has 130 valence electrons. The van der Waals surface area contributed by atoms with Gasteiger partial charge in [0.05, 0.1) is 5.75 Å². The second-order valence-electron chi connectivity index (χ2n) is 6.08. The van der Waals surface area contributed by atoms with Gasteiger partial charge in [0, 0.05) is 17.6 Å². The highest BCUT2D eigenvalue weighted by atomic mass is 32.2. The van der Waals surface area contributed by atoms with E-state index in [2.05, 4.69) is 23.6 Å². The lowest BCUT2D eigenvalue weighted by Crippen LogP contribution is -2.09. The van der Waals surface area contributed by atoms with Crippen molar-refractivity contribution in [1.29, 1.82) is 0 Å². The second kappa shape index (κ2) is 7.27. The van der Waals surface area contributed by atoms with Gasteiger partial charge in [-0.1, -0.05) is 37.6 Å². The number of aromatic nitrogens is 3. The highest BCUT2D eigenvalue weighted by Gasteiger charge is 2.28. The van der Waals surface area contributed by atoms with E-state index in [4.69, 9.17) is 0 Å². The molecule has 24 heavy (non-hydrogen) atoms. The number of unbranched alkanes of at least 4 members (excludes halogenated alkanes) is 2. The fourth-order valence-corrected chi connectivity index (χ4v) is 5.80. The van der Waals surface area contributed by atoms with E-state index in [0.29, 0.717) is 27.7 Å². The zero-order chi connectivity index (χ0) is 17.2. The SMILES string of the molecule is C=CCSc1nn2c3c(cnc2c1S(=O)(=O)CCCCC)CCC3. The fourth-order valence-electron chi connectivity index (χ4n) is 3.10. The van der Waals surface area contributed by atoms with Crippen LogP contribution >= 0.6 is 11.8 Å². The van der Waals surface area contributed by atoms with Crippen LogP contribution in [0.25, 0.3) is 5.65 Å². The molecule has 0 amide bonds. The molecule has 1 aliphatic carbocycles. The maximum Gasteiger partial charge on any atom is 0.184 e. The molecule has 3 rings (SSSR count). The molecule has 0 unspecified atom stereocenters. The Bertz CT molecular complexity index is 856. The Morgan fingerprint density at radius 2 is 2.21 bits per heavy atom. The molecule has 0 fully saturated rings. The lowest BCUT2D eigenvalue weighted by atomic mass is 10.3. The topological polar surface area (TPSA) is 64.3 Å². The van der Waals surface area contributed by atoms with Crippen molar-refractivity contribution < 1.29 is 8.42 Å². The van der Waals surface area contributed by atoms with E-state index in [1.807, 2.05) is 6.20 Å². The Hall–Kier alpha value is -1.34. The Morgan fingerprint density at radius 1 is 1.38 bits per heavy atom. The van der Waals surface area contributed by atoms with E-state index >= 15 is 0 Å². The molecule has 0 bridgehead atoms. The molecule has 5 nitrogen and oxygen atoms in total. The Morgan fingerprint density at radius 3 is 2.96 bits per heavy atom. The molecule has 0 N–H and O–H groups in total. The van der Waals surface area contributed by atoms with Crippen molar-refractivity contribution in [3.8, 4) is 0 Å². The van der Waals surface area contributed by atoms with E-state index in [9.17, 15) is 8.42 Å². The number of sulfone groups is 1. The summed E-state index contributed by atoms with van der Waals surface area (Å²) in [6.07, 6.45) is 9.16. The number of aryl methyl sites for hydroxylation is 2. The smallest absolute Gasteiger partial charge is 0.184 e. The third-order valence-corrected chi connectivity index (χ3v) is 7.20. The summed E-state index contributed by atoms with van der Waals surface area (Å²) in [5.74, 6) is 0.784. The molecular formula is C17H23N3O2S2. The van der Waals surface area contributed by atoms with Crippen molar-refractivity contribution in [3.63, 3.8) is 0 Å². The zero-order valence-electron chi connectivity index (χ0n) is 14.0. The minimum Gasteiger partial charge on any atom is -0.236 e. The van der Waals surface area contributed by atoms with E-state index < -0.39 is 9.84 Å². The van der Waals surface area contributed by atoms with Gasteiger partial charge in [0.2, 0.25) is 0 Å². The molecular weight excluding hydrogens is 342 g/mol. The minimum atomic E-state index is -3.40. The van der Waals surface area contributed by atoms with Crippen LogP contribution in [0.2, 0.25) is 0 Å². The number of thioether (sulfide) groups is 1. The standard InChI is InChI=1S/C17H23N3O2S2/c1-3-5-6-11-24(21,22)15-16-18-12-13-8-7-9-14(13)20(16)19-17(15)23-10-4-2/h4,12H,2-3,5-11H2,1H3. The van der Waals surface area contributed by atoms with Crippen LogP contribution < -0.4 is 0 Å². The van der Waals surface area contributed by atoms with Crippen LogP contribution in [0.1, 0.15) is 43.9 Å². The summed E-state index contributed by atoms with van der Waals surface area (Å²) >= 11 is 1.42. The molecule has 0 atom stereocenters. The third kappa shape index (κ3) is 3.24. The van der Waals surface area contributed by atoms with Crippen molar-refractivity contribution in [2.45, 2.75) is 55.4 Å². The van der Waals surface area contributed by atoms with Gasteiger partial charge in [-0.15, -0.1) is 6.58 Å². The maximum absolute atomic E-state index is 12.9. The van der Waals surface area contributed by atoms with Gasteiger partial charge in [-0.05, 0) is 31.2 Å². The summed E-state index contributed by atoms with van der Waals surface area (Å²) < 4.78 is 27.6. The Kier molecular flexibility index (Phi) is 5.30. The normalized spacial score (nSPS) is 14.2. The Balaban J connectivity index is 2.11. The number of hydrogen-bond acceptors (Lipinski definition) is 5. The van der Waals surface area contributed by atoms with E-state index in [1.54, 1.807) is 10.6 Å². The van der Waals surface area contributed by atoms with Crippen LogP contribution in [-0.4, -0.2) is 34.5 Å². The molecule has 2 heterocycles. The van der Waals surface area contributed by atoms with Crippen molar-refractivity contribution in [3.05, 3.63) is 30.1 Å². The monoisotopic (exact) mass is 365 g/mol. The molecule has 0 aromatic carbocycles. The fraction of sp³-hybridized carbons (Fsp3) is 0.529. The largest absolute Gasteiger partial charge is 0.236 e. The lowest BCUT2D eigenvalue weighted by molar-refractivity contribution is 0.589. The van der Waals surface area contributed by atoms with Gasteiger partial charge in [-0.3, -0.25) is 0 Å². The number of nitrogens with zero attached hydrogens (tertiary/aromatic N) is 3. The van der Waals surface area contributed by atoms with Gasteiger partial charge in [0.25, 0.3) is 0 Å². The minimum absolute atomic E-state index is 0.155. The second-order valence-corrected chi connectivity index (χ2v) is 9.13. The first kappa shape index (κ1) is 17.5. The molecule has 2 aromatic rings. The molecule has 2 aromatic heterocycles. The average molecular weight is 366 g/mol. The van der Waals surface area contributed by atoms with E-state index in [0.717, 1.165) is 37.8 Å². The quantitative estimate of drug-likeness (QED) is 0.407. The highest BCUT2D eigenvalue weighted by molar-refractivity contribution is 8.00. The van der Waals surface area contributed by atoms with Crippen LogP contribution in [0.5, 0.6) is 0 Å². The van der Waals surface area contributed by atoms with Gasteiger partial charge in [-0.2, -0.15) is 5.10 Å². The summed E-state index contributed by atoms with van der Waals surface area (Å²) in [5.41, 5.74) is 2.77. The van der Waals surface area contributed by atoms with Gasteiger partial charge in [-0.25, -0.2) is 17.9 Å². The van der Waals surface area contributed by atoms with Crippen LogP contribution in [0.4, 0.5) is 0 Å². The molecule has 0 aliphatic heterocycles. The zero-order valence-corrected chi connectivity index (χ0v) is 15.6. The summed E-state index contributed by atoms with van der Waals surface area (Å²) in [6.45, 7) is 5.79. The maximum atomic E-state index is 12.9. The predicted octanol–water partition coefficient (Wildman–Crippen LogP) is 3.46. The van der Waals surface area contributed by atoms with E-state index in [1.165, 1.54) is 17.3 Å². The molecule has 0 saturated heterocycles. The van der Waals surface area contributed by atoms with Gasteiger partial charge in [0.15, 0.2) is 15.5 Å². The molecule has 0 spiro atoms. The molecule has 0 radical (unpaired) electrons. The highest BCUT2D eigenvalue weighted by Crippen LogP contribution is 2.33.